The van der Waals surface area contributed by atoms with E-state index in [0.717, 1.165) is 26.1 Å². The fourth-order valence-corrected chi connectivity index (χ4v) is 3.41. The van der Waals surface area contributed by atoms with Gasteiger partial charge in [0.25, 0.3) is 0 Å². The van der Waals surface area contributed by atoms with Crippen molar-refractivity contribution in [2.45, 2.75) is 103 Å². The van der Waals surface area contributed by atoms with Crippen LogP contribution in [0.2, 0.25) is 0 Å². The zero-order valence-electron chi connectivity index (χ0n) is 15.1. The SMILES string of the molecule is CCOC1(OCC)CCCCCCC=CCCCCCCC1. The summed E-state index contributed by atoms with van der Waals surface area (Å²) in [4.78, 5) is 0. The Balaban J connectivity index is 2.50. The Morgan fingerprint density at radius 1 is 0.636 bits per heavy atom. The van der Waals surface area contributed by atoms with E-state index in [9.17, 15) is 0 Å². The van der Waals surface area contributed by atoms with Crippen molar-refractivity contribution >= 4 is 0 Å². The minimum Gasteiger partial charge on any atom is -0.350 e. The topological polar surface area (TPSA) is 18.5 Å². The molecule has 0 N–H and O–H groups in total. The van der Waals surface area contributed by atoms with E-state index in [1.165, 1.54) is 70.6 Å². The molecule has 0 spiro atoms. The molecular weight excluding hydrogens is 272 g/mol. The lowest BCUT2D eigenvalue weighted by molar-refractivity contribution is -0.242. The third kappa shape index (κ3) is 8.95. The fraction of sp³-hybridized carbons (Fsp3) is 0.900. The number of hydrogen-bond acceptors (Lipinski definition) is 2. The summed E-state index contributed by atoms with van der Waals surface area (Å²) in [5.41, 5.74) is 0. The van der Waals surface area contributed by atoms with Gasteiger partial charge < -0.3 is 9.47 Å². The Labute approximate surface area is 138 Å². The molecule has 0 radical (unpaired) electrons. The summed E-state index contributed by atoms with van der Waals surface area (Å²) in [6, 6.07) is 0. The quantitative estimate of drug-likeness (QED) is 0.442. The highest BCUT2D eigenvalue weighted by atomic mass is 16.7. The van der Waals surface area contributed by atoms with E-state index in [1.807, 2.05) is 0 Å². The summed E-state index contributed by atoms with van der Waals surface area (Å²) in [6.45, 7) is 5.69. The van der Waals surface area contributed by atoms with Crippen molar-refractivity contribution < 1.29 is 9.47 Å². The first kappa shape index (κ1) is 19.7. The zero-order valence-corrected chi connectivity index (χ0v) is 15.1. The highest BCUT2D eigenvalue weighted by molar-refractivity contribution is 4.81. The van der Waals surface area contributed by atoms with Crippen LogP contribution in [0.3, 0.4) is 0 Å². The summed E-state index contributed by atoms with van der Waals surface area (Å²) in [5, 5.41) is 0. The Hall–Kier alpha value is -0.340. The molecule has 0 saturated heterocycles. The van der Waals surface area contributed by atoms with Crippen molar-refractivity contribution in [1.82, 2.24) is 0 Å². The van der Waals surface area contributed by atoms with Gasteiger partial charge in [0.1, 0.15) is 0 Å². The van der Waals surface area contributed by atoms with E-state index in [2.05, 4.69) is 26.0 Å². The first-order valence-electron chi connectivity index (χ1n) is 9.76. The van der Waals surface area contributed by atoms with Gasteiger partial charge >= 0.3 is 0 Å². The monoisotopic (exact) mass is 310 g/mol. The first-order chi connectivity index (χ1) is 10.8. The van der Waals surface area contributed by atoms with Crippen LogP contribution >= 0.6 is 0 Å². The van der Waals surface area contributed by atoms with Crippen LogP contribution in [0.15, 0.2) is 12.2 Å². The van der Waals surface area contributed by atoms with E-state index in [1.54, 1.807) is 0 Å². The first-order valence-corrected chi connectivity index (χ1v) is 9.76. The van der Waals surface area contributed by atoms with Crippen LogP contribution < -0.4 is 0 Å². The minimum atomic E-state index is -0.305. The maximum atomic E-state index is 6.08. The maximum absolute atomic E-state index is 6.08. The molecule has 0 aromatic rings. The van der Waals surface area contributed by atoms with Crippen LogP contribution in [-0.4, -0.2) is 19.0 Å². The third-order valence-corrected chi connectivity index (χ3v) is 4.59. The molecule has 0 saturated carbocycles. The van der Waals surface area contributed by atoms with E-state index in [0.29, 0.717) is 0 Å². The average Bonchev–Trinajstić information content (AvgIpc) is 2.50. The summed E-state index contributed by atoms with van der Waals surface area (Å²) in [6.07, 6.45) is 21.2. The van der Waals surface area contributed by atoms with Crippen molar-refractivity contribution in [1.29, 1.82) is 0 Å². The van der Waals surface area contributed by atoms with Gasteiger partial charge in [-0.1, -0.05) is 44.3 Å². The Kier molecular flexibility index (Phi) is 11.8. The van der Waals surface area contributed by atoms with E-state index in [-0.39, 0.29) is 5.79 Å². The highest BCUT2D eigenvalue weighted by Gasteiger charge is 2.30. The largest absolute Gasteiger partial charge is 0.350 e. The predicted molar refractivity (Wildman–Crippen MR) is 95.1 cm³/mol. The Morgan fingerprint density at radius 2 is 1.05 bits per heavy atom. The molecule has 2 nitrogen and oxygen atoms in total. The van der Waals surface area contributed by atoms with Gasteiger partial charge in [-0.15, -0.1) is 0 Å². The van der Waals surface area contributed by atoms with Gasteiger partial charge in [0, 0.05) is 26.1 Å². The molecule has 22 heavy (non-hydrogen) atoms. The van der Waals surface area contributed by atoms with Crippen molar-refractivity contribution in [2.24, 2.45) is 0 Å². The second kappa shape index (κ2) is 13.1. The lowest BCUT2D eigenvalue weighted by atomic mass is 9.98. The Bertz CT molecular complexity index is 267. The molecule has 0 amide bonds. The van der Waals surface area contributed by atoms with Gasteiger partial charge in [-0.3, -0.25) is 0 Å². The number of rotatable bonds is 4. The van der Waals surface area contributed by atoms with Gasteiger partial charge in [0.2, 0.25) is 0 Å². The average molecular weight is 311 g/mol. The fourth-order valence-electron chi connectivity index (χ4n) is 3.41. The second-order valence-electron chi connectivity index (χ2n) is 6.51. The highest BCUT2D eigenvalue weighted by Crippen LogP contribution is 2.29. The molecule has 0 atom stereocenters. The van der Waals surface area contributed by atoms with Crippen LogP contribution in [0.4, 0.5) is 0 Å². The second-order valence-corrected chi connectivity index (χ2v) is 6.51. The molecule has 0 aliphatic heterocycles. The van der Waals surface area contributed by atoms with Crippen molar-refractivity contribution in [2.75, 3.05) is 13.2 Å². The van der Waals surface area contributed by atoms with Crippen molar-refractivity contribution in [3.8, 4) is 0 Å². The van der Waals surface area contributed by atoms with Crippen LogP contribution in [0, 0.1) is 0 Å². The van der Waals surface area contributed by atoms with Crippen LogP contribution in [0.25, 0.3) is 0 Å². The number of hydrogen-bond donors (Lipinski definition) is 0. The molecule has 0 aromatic heterocycles. The molecule has 0 aromatic carbocycles. The third-order valence-electron chi connectivity index (χ3n) is 4.59. The lowest BCUT2D eigenvalue weighted by Crippen LogP contribution is -2.36. The molecule has 1 aliphatic rings. The van der Waals surface area contributed by atoms with Crippen LogP contribution in [0.5, 0.6) is 0 Å². The normalized spacial score (nSPS) is 22.5. The van der Waals surface area contributed by atoms with Gasteiger partial charge in [0.05, 0.1) is 0 Å². The predicted octanol–water partition coefficient (Wildman–Crippen LogP) is 6.40. The van der Waals surface area contributed by atoms with Crippen LogP contribution in [-0.2, 0) is 9.47 Å². The molecule has 2 heteroatoms. The van der Waals surface area contributed by atoms with E-state index < -0.39 is 0 Å². The van der Waals surface area contributed by atoms with Crippen molar-refractivity contribution in [3.05, 3.63) is 12.2 Å². The molecule has 1 aliphatic carbocycles. The number of allylic oxidation sites excluding steroid dienone is 2. The molecule has 0 bridgehead atoms. The Morgan fingerprint density at radius 3 is 1.50 bits per heavy atom. The maximum Gasteiger partial charge on any atom is 0.168 e. The zero-order chi connectivity index (χ0) is 15.9. The summed E-state index contributed by atoms with van der Waals surface area (Å²) < 4.78 is 12.2. The van der Waals surface area contributed by atoms with Gasteiger partial charge in [-0.05, 0) is 52.4 Å². The summed E-state index contributed by atoms with van der Waals surface area (Å²) in [7, 11) is 0. The molecule has 0 fully saturated rings. The van der Waals surface area contributed by atoms with Gasteiger partial charge in [-0.25, -0.2) is 0 Å². The van der Waals surface area contributed by atoms with Crippen molar-refractivity contribution in [3.63, 3.8) is 0 Å². The lowest BCUT2D eigenvalue weighted by Gasteiger charge is -2.33. The summed E-state index contributed by atoms with van der Waals surface area (Å²) >= 11 is 0. The molecule has 130 valence electrons. The molecular formula is C20H38O2. The molecule has 0 heterocycles. The van der Waals surface area contributed by atoms with Gasteiger partial charge in [-0.2, -0.15) is 0 Å². The molecule has 0 unspecified atom stereocenters. The van der Waals surface area contributed by atoms with E-state index in [4.69, 9.17) is 9.47 Å². The molecule has 1 rings (SSSR count). The minimum absolute atomic E-state index is 0.305. The van der Waals surface area contributed by atoms with E-state index >= 15 is 0 Å². The smallest absolute Gasteiger partial charge is 0.168 e. The van der Waals surface area contributed by atoms with Crippen LogP contribution in [0.1, 0.15) is 97.3 Å². The number of ether oxygens (including phenoxy) is 2. The van der Waals surface area contributed by atoms with Gasteiger partial charge in [0.15, 0.2) is 5.79 Å². The summed E-state index contributed by atoms with van der Waals surface area (Å²) in [5.74, 6) is -0.305. The standard InChI is InChI=1S/C20H38O2/c1-3-21-20(22-4-2)18-16-14-12-10-8-6-5-7-9-11-13-15-17-19-20/h5-6H,3-4,7-19H2,1-2H3.